The van der Waals surface area contributed by atoms with Crippen LogP contribution in [0.2, 0.25) is 0 Å². The number of hydrogen-bond donors (Lipinski definition) is 1. The minimum Gasteiger partial charge on any atom is -0.344 e. The number of nitrogens with zero attached hydrogens (tertiary/aromatic N) is 1. The zero-order valence-corrected chi connectivity index (χ0v) is 8.60. The van der Waals surface area contributed by atoms with E-state index in [-0.39, 0.29) is 18.5 Å². The number of rotatable bonds is 3. The fourth-order valence-electron chi connectivity index (χ4n) is 1.57. The van der Waals surface area contributed by atoms with Crippen molar-refractivity contribution in [2.75, 3.05) is 20.1 Å². The fourth-order valence-corrected chi connectivity index (χ4v) is 1.57. The molecule has 3 nitrogen and oxygen atoms in total. The molecule has 0 aromatic heterocycles. The highest BCUT2D eigenvalue weighted by atomic mass is 19.4. The lowest BCUT2D eigenvalue weighted by molar-refractivity contribution is -0.144. The number of carbonyl (C=O) groups is 1. The van der Waals surface area contributed by atoms with Gasteiger partial charge in [0.1, 0.15) is 0 Å². The summed E-state index contributed by atoms with van der Waals surface area (Å²) in [5.41, 5.74) is 0. The standard InChI is InChI=1S/C9H15F3N2O/c1-14(6-4-9(10,11)12)8(15)7-3-2-5-13-7/h7,13H,2-6H2,1H3/t7-/m0/s1. The Balaban J connectivity index is 2.32. The molecule has 1 N–H and O–H groups in total. The molecule has 0 aromatic rings. The van der Waals surface area contributed by atoms with Gasteiger partial charge in [0.2, 0.25) is 5.91 Å². The summed E-state index contributed by atoms with van der Waals surface area (Å²) >= 11 is 0. The number of carbonyl (C=O) groups excluding carboxylic acids is 1. The number of alkyl halides is 3. The second kappa shape index (κ2) is 4.83. The lowest BCUT2D eigenvalue weighted by Crippen LogP contribution is -2.42. The maximum Gasteiger partial charge on any atom is 0.390 e. The number of hydrogen-bond acceptors (Lipinski definition) is 2. The van der Waals surface area contributed by atoms with Crippen LogP contribution in [0.5, 0.6) is 0 Å². The average molecular weight is 224 g/mol. The van der Waals surface area contributed by atoms with E-state index in [4.69, 9.17) is 0 Å². The van der Waals surface area contributed by atoms with Gasteiger partial charge in [0.05, 0.1) is 12.5 Å². The van der Waals surface area contributed by atoms with Crippen molar-refractivity contribution in [3.8, 4) is 0 Å². The van der Waals surface area contributed by atoms with E-state index in [9.17, 15) is 18.0 Å². The van der Waals surface area contributed by atoms with Gasteiger partial charge in [-0.05, 0) is 19.4 Å². The molecule has 1 saturated heterocycles. The van der Waals surface area contributed by atoms with Crippen molar-refractivity contribution in [1.29, 1.82) is 0 Å². The molecule has 0 aromatic carbocycles. The smallest absolute Gasteiger partial charge is 0.344 e. The van der Waals surface area contributed by atoms with Gasteiger partial charge in [-0.2, -0.15) is 13.2 Å². The van der Waals surface area contributed by atoms with E-state index in [1.54, 1.807) is 0 Å². The van der Waals surface area contributed by atoms with Crippen LogP contribution < -0.4 is 5.32 Å². The first-order valence-electron chi connectivity index (χ1n) is 4.95. The second-order valence-electron chi connectivity index (χ2n) is 3.77. The third-order valence-corrected chi connectivity index (χ3v) is 2.47. The molecule has 1 aliphatic heterocycles. The number of amides is 1. The van der Waals surface area contributed by atoms with Gasteiger partial charge in [-0.15, -0.1) is 0 Å². The Hall–Kier alpha value is -0.780. The van der Waals surface area contributed by atoms with Gasteiger partial charge in [0.15, 0.2) is 0 Å². The maximum atomic E-state index is 11.9. The van der Waals surface area contributed by atoms with E-state index in [1.165, 1.54) is 7.05 Å². The van der Waals surface area contributed by atoms with Crippen molar-refractivity contribution in [3.63, 3.8) is 0 Å². The van der Waals surface area contributed by atoms with Gasteiger partial charge < -0.3 is 10.2 Å². The molecule has 1 atom stereocenters. The Kier molecular flexibility index (Phi) is 3.96. The molecular weight excluding hydrogens is 209 g/mol. The van der Waals surface area contributed by atoms with Gasteiger partial charge >= 0.3 is 6.18 Å². The van der Waals surface area contributed by atoms with Gasteiger partial charge in [0, 0.05) is 13.6 Å². The van der Waals surface area contributed by atoms with Crippen LogP contribution in [-0.4, -0.2) is 43.2 Å². The molecular formula is C9H15F3N2O. The van der Waals surface area contributed by atoms with Crippen molar-refractivity contribution in [2.24, 2.45) is 0 Å². The van der Waals surface area contributed by atoms with E-state index in [1.807, 2.05) is 0 Å². The molecule has 1 heterocycles. The minimum absolute atomic E-state index is 0.239. The average Bonchev–Trinajstić information content (AvgIpc) is 2.64. The van der Waals surface area contributed by atoms with Crippen molar-refractivity contribution < 1.29 is 18.0 Å². The minimum atomic E-state index is -4.20. The molecule has 0 bridgehead atoms. The van der Waals surface area contributed by atoms with Crippen LogP contribution in [0.3, 0.4) is 0 Å². The van der Waals surface area contributed by atoms with Crippen molar-refractivity contribution in [3.05, 3.63) is 0 Å². The highest BCUT2D eigenvalue weighted by Gasteiger charge is 2.30. The molecule has 6 heteroatoms. The molecule has 1 rings (SSSR count). The number of nitrogens with one attached hydrogen (secondary N) is 1. The summed E-state index contributed by atoms with van der Waals surface area (Å²) in [7, 11) is 1.41. The molecule has 1 amide bonds. The van der Waals surface area contributed by atoms with E-state index < -0.39 is 12.6 Å². The summed E-state index contributed by atoms with van der Waals surface area (Å²) < 4.78 is 35.7. The summed E-state index contributed by atoms with van der Waals surface area (Å²) in [6.07, 6.45) is -3.52. The van der Waals surface area contributed by atoms with Gasteiger partial charge in [0.25, 0.3) is 0 Å². The summed E-state index contributed by atoms with van der Waals surface area (Å²) in [6.45, 7) is 0.504. The third kappa shape index (κ3) is 4.07. The zero-order chi connectivity index (χ0) is 11.5. The number of likely N-dealkylation sites (N-methyl/N-ethyl adjacent to an activating group) is 1. The quantitative estimate of drug-likeness (QED) is 0.780. The molecule has 0 unspecified atom stereocenters. The van der Waals surface area contributed by atoms with Crippen LogP contribution in [-0.2, 0) is 4.79 Å². The SMILES string of the molecule is CN(CCC(F)(F)F)C(=O)[C@@H]1CCCN1. The molecule has 15 heavy (non-hydrogen) atoms. The molecule has 1 fully saturated rings. The van der Waals surface area contributed by atoms with Crippen LogP contribution >= 0.6 is 0 Å². The van der Waals surface area contributed by atoms with E-state index in [2.05, 4.69) is 5.32 Å². The Morgan fingerprint density at radius 2 is 2.20 bits per heavy atom. The third-order valence-electron chi connectivity index (χ3n) is 2.47. The van der Waals surface area contributed by atoms with Crippen LogP contribution in [0, 0.1) is 0 Å². The van der Waals surface area contributed by atoms with Crippen LogP contribution in [0.15, 0.2) is 0 Å². The van der Waals surface area contributed by atoms with Crippen molar-refractivity contribution >= 4 is 5.91 Å². The van der Waals surface area contributed by atoms with E-state index in [0.29, 0.717) is 0 Å². The number of halogens is 3. The summed E-state index contributed by atoms with van der Waals surface area (Å²) in [5.74, 6) is -0.239. The lowest BCUT2D eigenvalue weighted by Gasteiger charge is -2.21. The topological polar surface area (TPSA) is 32.3 Å². The van der Waals surface area contributed by atoms with Gasteiger partial charge in [-0.1, -0.05) is 0 Å². The highest BCUT2D eigenvalue weighted by Crippen LogP contribution is 2.19. The van der Waals surface area contributed by atoms with Crippen LogP contribution in [0.4, 0.5) is 13.2 Å². The first-order chi connectivity index (χ1) is 6.90. The maximum absolute atomic E-state index is 11.9. The first kappa shape index (κ1) is 12.3. The Morgan fingerprint density at radius 1 is 1.53 bits per heavy atom. The van der Waals surface area contributed by atoms with Crippen LogP contribution in [0.1, 0.15) is 19.3 Å². The second-order valence-corrected chi connectivity index (χ2v) is 3.77. The normalized spacial score (nSPS) is 21.7. The fraction of sp³-hybridized carbons (Fsp3) is 0.889. The molecule has 0 saturated carbocycles. The summed E-state index contributed by atoms with van der Waals surface area (Å²) in [5, 5.41) is 2.96. The zero-order valence-electron chi connectivity index (χ0n) is 8.60. The van der Waals surface area contributed by atoms with Crippen molar-refractivity contribution in [2.45, 2.75) is 31.5 Å². The van der Waals surface area contributed by atoms with Crippen LogP contribution in [0.25, 0.3) is 0 Å². The predicted molar refractivity (Wildman–Crippen MR) is 49.3 cm³/mol. The molecule has 0 spiro atoms. The predicted octanol–water partition coefficient (Wildman–Crippen LogP) is 1.15. The Morgan fingerprint density at radius 3 is 2.67 bits per heavy atom. The van der Waals surface area contributed by atoms with Gasteiger partial charge in [-0.3, -0.25) is 4.79 Å². The highest BCUT2D eigenvalue weighted by molar-refractivity contribution is 5.81. The largest absolute Gasteiger partial charge is 0.390 e. The van der Waals surface area contributed by atoms with E-state index in [0.717, 1.165) is 24.3 Å². The summed E-state index contributed by atoms with van der Waals surface area (Å²) in [6, 6.07) is -0.289. The van der Waals surface area contributed by atoms with Gasteiger partial charge in [-0.25, -0.2) is 0 Å². The summed E-state index contributed by atoms with van der Waals surface area (Å²) in [4.78, 5) is 12.7. The molecule has 88 valence electrons. The first-order valence-corrected chi connectivity index (χ1v) is 4.95. The monoisotopic (exact) mass is 224 g/mol. The lowest BCUT2D eigenvalue weighted by atomic mass is 10.2. The Bertz CT molecular complexity index is 224. The van der Waals surface area contributed by atoms with Crippen molar-refractivity contribution in [1.82, 2.24) is 10.2 Å². The molecule has 0 radical (unpaired) electrons. The molecule has 1 aliphatic rings. The Labute approximate surface area is 86.6 Å². The van der Waals surface area contributed by atoms with E-state index >= 15 is 0 Å². The molecule has 0 aliphatic carbocycles.